The summed E-state index contributed by atoms with van der Waals surface area (Å²) >= 11 is 6.62. The molecule has 320 valence electrons. The van der Waals surface area contributed by atoms with Gasteiger partial charge in [0.05, 0.1) is 52.5 Å². The molecule has 0 spiro atoms. The Labute approximate surface area is 346 Å². The third-order valence-corrected chi connectivity index (χ3v) is 11.9. The summed E-state index contributed by atoms with van der Waals surface area (Å²) < 4.78 is 124. The predicted octanol–water partition coefficient (Wildman–Crippen LogP) is 5.25. The summed E-state index contributed by atoms with van der Waals surface area (Å²) in [5.41, 5.74) is -2.71. The van der Waals surface area contributed by atoms with Gasteiger partial charge in [0.25, 0.3) is 17.9 Å². The van der Waals surface area contributed by atoms with Crippen LogP contribution in [0.25, 0.3) is 27.6 Å². The number of nitrogens with one attached hydrogen (secondary N) is 2. The number of rotatable bonds is 11. The van der Waals surface area contributed by atoms with Crippen molar-refractivity contribution in [2.75, 3.05) is 42.2 Å². The number of nitrogens with zero attached hydrogens (tertiary/aromatic N) is 8. The second-order valence-electron chi connectivity index (χ2n) is 15.2. The zero-order valence-electron chi connectivity index (χ0n) is 32.0. The molecule has 3 atom stereocenters. The Balaban J connectivity index is 1.24. The lowest BCUT2D eigenvalue weighted by atomic mass is 10.0. The quantitative estimate of drug-likeness (QED) is 0.164. The Morgan fingerprint density at radius 2 is 1.77 bits per heavy atom. The van der Waals surface area contributed by atoms with Gasteiger partial charge in [0.1, 0.15) is 41.2 Å². The van der Waals surface area contributed by atoms with Crippen LogP contribution in [0, 0.1) is 17.6 Å². The molecule has 1 aliphatic heterocycles. The molecule has 5 heterocycles. The lowest BCUT2D eigenvalue weighted by molar-refractivity contribution is -0.123. The second-order valence-corrected chi connectivity index (χ2v) is 17.3. The third kappa shape index (κ3) is 7.22. The van der Waals surface area contributed by atoms with Crippen molar-refractivity contribution >= 4 is 61.1 Å². The summed E-state index contributed by atoms with van der Waals surface area (Å²) in [6, 6.07) is 6.94. The Bertz CT molecular complexity index is 2950. The number of carbonyl (C=O) groups is 1. The molecule has 1 amide bonds. The molecule has 0 bridgehead atoms. The first-order valence-corrected chi connectivity index (χ1v) is 21.1. The van der Waals surface area contributed by atoms with Gasteiger partial charge in [-0.15, -0.1) is 0 Å². The summed E-state index contributed by atoms with van der Waals surface area (Å²) in [5.74, 6) is -8.63. The monoisotopic (exact) mass is 890 g/mol. The lowest BCUT2D eigenvalue weighted by Gasteiger charge is -2.28. The summed E-state index contributed by atoms with van der Waals surface area (Å²) in [4.78, 5) is 40.4. The van der Waals surface area contributed by atoms with Crippen LogP contribution in [-0.2, 0) is 45.5 Å². The van der Waals surface area contributed by atoms with Gasteiger partial charge < -0.3 is 15.0 Å². The SMILES string of the molecule is Cn1nc(NS(C)(=O)=O)c2c(Cl)ccc(-n3c([C@H](Cc4cc(F)cc(F)c4)NC(=O)Cn4nc(C(F)F)c5c4C(F)(F)[C@@H]4C[C@H]54)nc4nc(N5CCOCC5)ccc4c3=O)c21. The first kappa shape index (κ1) is 40.7. The molecule has 0 unspecified atom stereocenters. The van der Waals surface area contributed by atoms with E-state index < -0.39 is 87.7 Å². The maximum Gasteiger partial charge on any atom is 0.293 e. The zero-order chi connectivity index (χ0) is 43.3. The van der Waals surface area contributed by atoms with Crippen molar-refractivity contribution in [1.29, 1.82) is 0 Å². The fourth-order valence-corrected chi connectivity index (χ4v) is 9.16. The van der Waals surface area contributed by atoms with Gasteiger partial charge in [-0.1, -0.05) is 11.6 Å². The highest BCUT2D eigenvalue weighted by atomic mass is 35.5. The number of morpholine rings is 1. The summed E-state index contributed by atoms with van der Waals surface area (Å²) in [7, 11) is -2.45. The Kier molecular flexibility index (Phi) is 9.81. The maximum absolute atomic E-state index is 15.5. The van der Waals surface area contributed by atoms with Crippen molar-refractivity contribution < 1.29 is 44.3 Å². The van der Waals surface area contributed by atoms with E-state index in [1.165, 1.54) is 29.9 Å². The molecule has 3 aliphatic rings. The molecule has 2 N–H and O–H groups in total. The van der Waals surface area contributed by atoms with Crippen LogP contribution in [0.4, 0.5) is 38.0 Å². The van der Waals surface area contributed by atoms with E-state index in [1.807, 2.05) is 4.90 Å². The van der Waals surface area contributed by atoms with Gasteiger partial charge >= 0.3 is 0 Å². The van der Waals surface area contributed by atoms with Gasteiger partial charge in [-0.25, -0.2) is 35.9 Å². The largest absolute Gasteiger partial charge is 0.378 e. The minimum Gasteiger partial charge on any atom is -0.378 e. The van der Waals surface area contributed by atoms with Gasteiger partial charge in [-0.2, -0.15) is 19.0 Å². The van der Waals surface area contributed by atoms with E-state index in [2.05, 4.69) is 25.2 Å². The minimum atomic E-state index is -3.91. The molecule has 1 saturated heterocycles. The van der Waals surface area contributed by atoms with Gasteiger partial charge in [0.2, 0.25) is 15.9 Å². The lowest BCUT2D eigenvalue weighted by Crippen LogP contribution is -2.38. The van der Waals surface area contributed by atoms with E-state index >= 15 is 8.78 Å². The van der Waals surface area contributed by atoms with Crippen molar-refractivity contribution in [2.45, 2.75) is 43.7 Å². The van der Waals surface area contributed by atoms with Crippen LogP contribution >= 0.6 is 11.6 Å². The average Bonchev–Trinajstić information content (AvgIpc) is 3.73. The Morgan fingerprint density at radius 3 is 2.46 bits per heavy atom. The molecule has 2 aliphatic carbocycles. The first-order valence-electron chi connectivity index (χ1n) is 18.8. The smallest absolute Gasteiger partial charge is 0.293 e. The number of ether oxygens (including phenoxy) is 1. The number of pyridine rings is 1. The highest BCUT2D eigenvalue weighted by Crippen LogP contribution is 2.68. The van der Waals surface area contributed by atoms with Crippen molar-refractivity contribution in [3.05, 3.63) is 97.8 Å². The molecule has 9 rings (SSSR count). The number of amides is 1. The number of alkyl halides is 4. The number of carbonyl (C=O) groups excluding carboxylic acids is 1. The average molecular weight is 891 g/mol. The topological polar surface area (TPSA) is 171 Å². The number of benzene rings is 2. The number of aromatic nitrogens is 7. The summed E-state index contributed by atoms with van der Waals surface area (Å²) in [6.07, 6.45) is -2.77. The van der Waals surface area contributed by atoms with Crippen LogP contribution in [0.3, 0.4) is 0 Å². The molecule has 61 heavy (non-hydrogen) atoms. The Morgan fingerprint density at radius 1 is 1.05 bits per heavy atom. The van der Waals surface area contributed by atoms with E-state index in [4.69, 9.17) is 21.3 Å². The molecule has 15 nitrogen and oxygen atoms in total. The molecule has 2 fully saturated rings. The van der Waals surface area contributed by atoms with E-state index in [9.17, 15) is 35.6 Å². The van der Waals surface area contributed by atoms with Gasteiger partial charge in [-0.3, -0.25) is 28.2 Å². The zero-order valence-corrected chi connectivity index (χ0v) is 33.5. The van der Waals surface area contributed by atoms with E-state index in [1.54, 1.807) is 6.07 Å². The normalized spacial score (nSPS) is 18.8. The Hall–Kier alpha value is -5.74. The molecule has 4 aromatic heterocycles. The molecule has 0 radical (unpaired) electrons. The van der Waals surface area contributed by atoms with Crippen molar-refractivity contribution in [1.82, 2.24) is 39.4 Å². The van der Waals surface area contributed by atoms with Gasteiger partial charge in [0.15, 0.2) is 11.5 Å². The molecular weight excluding hydrogens is 858 g/mol. The highest BCUT2D eigenvalue weighted by Gasteiger charge is 2.67. The summed E-state index contributed by atoms with van der Waals surface area (Å²) in [6.45, 7) is 0.742. The number of hydrogen-bond donors (Lipinski definition) is 2. The molecule has 6 aromatic rings. The van der Waals surface area contributed by atoms with E-state index in [0.717, 1.165) is 23.0 Å². The molecule has 23 heteroatoms. The predicted molar refractivity (Wildman–Crippen MR) is 209 cm³/mol. The van der Waals surface area contributed by atoms with Crippen LogP contribution in [0.1, 0.15) is 53.1 Å². The fourth-order valence-electron chi connectivity index (χ4n) is 8.42. The maximum atomic E-state index is 15.5. The van der Waals surface area contributed by atoms with Crippen LogP contribution in [0.5, 0.6) is 0 Å². The number of sulfonamides is 1. The number of hydrogen-bond acceptors (Lipinski definition) is 10. The number of fused-ring (bicyclic) bond motifs is 5. The second kappa shape index (κ2) is 14.7. The first-order chi connectivity index (χ1) is 28.9. The van der Waals surface area contributed by atoms with Crippen LogP contribution in [-0.4, -0.2) is 81.0 Å². The van der Waals surface area contributed by atoms with Crippen molar-refractivity contribution in [3.63, 3.8) is 0 Å². The third-order valence-electron chi connectivity index (χ3n) is 11.0. The van der Waals surface area contributed by atoms with Crippen LogP contribution in [0.15, 0.2) is 47.3 Å². The summed E-state index contributed by atoms with van der Waals surface area (Å²) in [5, 5.41) is 10.8. The standard InChI is InChI=1S/C38H33ClF6N10O5S/c1-52-31-25(5-4-23(39)29(31)35(50-52)51-61(2,58)59)55-36(48-34-20(37(55)57)3-6-26(47-34)53-7-9-60-10-8-53)24(13-17-11-18(40)14-19(41)12-17)46-27(56)16-54-32-28(30(49-54)33(42)43)21-15-22(21)38(32,44)45/h3-6,11-12,14,21-22,24,33H,7-10,13,15-16H2,1-2H3,(H,46,56)(H,50,51)/t21-,22+,24-/m0/s1. The molecular formula is C38H33ClF6N10O5S. The number of aryl methyl sites for hydroxylation is 1. The molecule has 2 aromatic carbocycles. The van der Waals surface area contributed by atoms with Crippen LogP contribution < -0.4 is 20.5 Å². The highest BCUT2D eigenvalue weighted by molar-refractivity contribution is 7.92. The van der Waals surface area contributed by atoms with E-state index in [0.29, 0.717) is 42.9 Å². The van der Waals surface area contributed by atoms with E-state index in [-0.39, 0.29) is 61.8 Å². The van der Waals surface area contributed by atoms with Crippen LogP contribution in [0.2, 0.25) is 5.02 Å². The number of halogens is 7. The van der Waals surface area contributed by atoms with Crippen molar-refractivity contribution in [2.24, 2.45) is 13.0 Å². The van der Waals surface area contributed by atoms with Gasteiger partial charge in [-0.05, 0) is 54.3 Å². The molecule has 1 saturated carbocycles. The minimum absolute atomic E-state index is 0.00320. The number of anilines is 2. The van der Waals surface area contributed by atoms with Crippen molar-refractivity contribution in [3.8, 4) is 5.69 Å². The van der Waals surface area contributed by atoms with Gasteiger partial charge in [0, 0.05) is 44.1 Å². The fraction of sp³-hybridized carbons (Fsp3) is 0.368.